The first-order valence-electron chi connectivity index (χ1n) is 8.99. The number of carboxylic acid groups (broad SMARTS) is 1. The Morgan fingerprint density at radius 3 is 2.30 bits per heavy atom. The summed E-state index contributed by atoms with van der Waals surface area (Å²) in [5.74, 6) is -2.60. The van der Waals surface area contributed by atoms with Gasteiger partial charge >= 0.3 is 11.9 Å². The molecule has 9 nitrogen and oxygen atoms in total. The van der Waals surface area contributed by atoms with Crippen molar-refractivity contribution in [2.75, 3.05) is 6.54 Å². The van der Waals surface area contributed by atoms with Gasteiger partial charge in [-0.2, -0.15) is 0 Å². The van der Waals surface area contributed by atoms with E-state index in [9.17, 15) is 24.5 Å². The maximum atomic E-state index is 12.6. The number of nitrogens with one attached hydrogen (secondary N) is 1. The summed E-state index contributed by atoms with van der Waals surface area (Å²) in [6.45, 7) is 1.73. The molecule has 0 aliphatic heterocycles. The number of nitro groups is 1. The van der Waals surface area contributed by atoms with Crippen LogP contribution in [0.15, 0.2) is 54.6 Å². The Labute approximate surface area is 172 Å². The minimum Gasteiger partial charge on any atom is -0.481 e. The van der Waals surface area contributed by atoms with E-state index in [1.165, 1.54) is 12.1 Å². The highest BCUT2D eigenvalue weighted by molar-refractivity contribution is 5.93. The van der Waals surface area contributed by atoms with Gasteiger partial charge in [0, 0.05) is 24.2 Å². The summed E-state index contributed by atoms with van der Waals surface area (Å²) in [6.07, 6.45) is 2.10. The third-order valence-electron chi connectivity index (χ3n) is 4.01. The van der Waals surface area contributed by atoms with Gasteiger partial charge in [0.25, 0.3) is 11.6 Å². The van der Waals surface area contributed by atoms with Crippen molar-refractivity contribution in [2.45, 2.75) is 19.4 Å². The molecule has 0 aromatic heterocycles. The fourth-order valence-corrected chi connectivity index (χ4v) is 2.53. The largest absolute Gasteiger partial charge is 0.481 e. The normalized spacial score (nSPS) is 11.6. The highest BCUT2D eigenvalue weighted by Crippen LogP contribution is 2.22. The number of nitro benzene ring substituents is 1. The molecule has 156 valence electrons. The second-order valence-corrected chi connectivity index (χ2v) is 6.19. The van der Waals surface area contributed by atoms with Crippen molar-refractivity contribution in [3.63, 3.8) is 0 Å². The number of rotatable bonds is 9. The lowest BCUT2D eigenvalue weighted by atomic mass is 10.1. The standard InChI is InChI=1S/C21H20N2O7/c1-2-3-14-4-6-15(7-5-14)19(20(26)22-13-12-18(24)25)30-21(27)16-8-10-17(11-9-16)23(28)29/h2-11,19H,12-13H2,1H3,(H,22,26)(H,24,25)/b3-2+. The summed E-state index contributed by atoms with van der Waals surface area (Å²) < 4.78 is 5.36. The SMILES string of the molecule is C/C=C/c1ccc(C(OC(=O)c2ccc([N+](=O)[O-])cc2)C(=O)NCCC(=O)O)cc1. The highest BCUT2D eigenvalue weighted by atomic mass is 16.6. The maximum absolute atomic E-state index is 12.6. The summed E-state index contributed by atoms with van der Waals surface area (Å²) in [5, 5.41) is 21.9. The number of carbonyl (C=O) groups is 3. The van der Waals surface area contributed by atoms with E-state index in [0.29, 0.717) is 5.56 Å². The fourth-order valence-electron chi connectivity index (χ4n) is 2.53. The van der Waals surface area contributed by atoms with Crippen LogP contribution in [0.2, 0.25) is 0 Å². The average Bonchev–Trinajstić information content (AvgIpc) is 2.72. The molecule has 0 heterocycles. The predicted octanol–water partition coefficient (Wildman–Crippen LogP) is 3.12. The van der Waals surface area contributed by atoms with Crippen LogP contribution in [0.25, 0.3) is 6.08 Å². The van der Waals surface area contributed by atoms with E-state index in [1.54, 1.807) is 24.3 Å². The Bertz CT molecular complexity index is 950. The predicted molar refractivity (Wildman–Crippen MR) is 108 cm³/mol. The molecule has 2 aromatic rings. The minimum absolute atomic E-state index is 0.0365. The Hall–Kier alpha value is -4.01. The molecule has 30 heavy (non-hydrogen) atoms. The quantitative estimate of drug-likeness (QED) is 0.367. The molecule has 0 aliphatic carbocycles. The second-order valence-electron chi connectivity index (χ2n) is 6.19. The number of carboxylic acids is 1. The van der Waals surface area contributed by atoms with E-state index < -0.39 is 28.9 Å². The smallest absolute Gasteiger partial charge is 0.339 e. The van der Waals surface area contributed by atoms with Crippen LogP contribution in [0.1, 0.15) is 40.9 Å². The third-order valence-corrected chi connectivity index (χ3v) is 4.01. The molecule has 0 saturated heterocycles. The summed E-state index contributed by atoms with van der Waals surface area (Å²) in [7, 11) is 0. The number of non-ortho nitro benzene ring substituents is 1. The van der Waals surface area contributed by atoms with Crippen LogP contribution in [0, 0.1) is 10.1 Å². The van der Waals surface area contributed by atoms with Crippen molar-refractivity contribution >= 4 is 29.6 Å². The highest BCUT2D eigenvalue weighted by Gasteiger charge is 2.26. The number of ether oxygens (including phenoxy) is 1. The van der Waals surface area contributed by atoms with Crippen molar-refractivity contribution in [3.8, 4) is 0 Å². The van der Waals surface area contributed by atoms with E-state index >= 15 is 0 Å². The number of esters is 1. The van der Waals surface area contributed by atoms with E-state index in [2.05, 4.69) is 5.32 Å². The molecule has 9 heteroatoms. The first-order chi connectivity index (χ1) is 14.3. The van der Waals surface area contributed by atoms with Crippen LogP contribution >= 0.6 is 0 Å². The van der Waals surface area contributed by atoms with Crippen molar-refractivity contribution in [2.24, 2.45) is 0 Å². The van der Waals surface area contributed by atoms with E-state index in [1.807, 2.05) is 19.1 Å². The zero-order valence-corrected chi connectivity index (χ0v) is 16.1. The lowest BCUT2D eigenvalue weighted by Crippen LogP contribution is -2.33. The van der Waals surface area contributed by atoms with E-state index in [0.717, 1.165) is 17.7 Å². The first kappa shape index (κ1) is 22.3. The van der Waals surface area contributed by atoms with Gasteiger partial charge in [-0.05, 0) is 24.6 Å². The van der Waals surface area contributed by atoms with Crippen LogP contribution < -0.4 is 5.32 Å². The number of carbonyl (C=O) groups excluding carboxylic acids is 2. The number of allylic oxidation sites excluding steroid dienone is 1. The molecule has 0 spiro atoms. The molecule has 0 bridgehead atoms. The van der Waals surface area contributed by atoms with Crippen molar-refractivity contribution < 1.29 is 29.2 Å². The van der Waals surface area contributed by atoms with Gasteiger partial charge in [-0.3, -0.25) is 19.7 Å². The number of hydrogen-bond donors (Lipinski definition) is 2. The number of nitrogens with zero attached hydrogens (tertiary/aromatic N) is 1. The molecule has 2 N–H and O–H groups in total. The molecule has 1 atom stereocenters. The van der Waals surface area contributed by atoms with Crippen molar-refractivity contribution in [3.05, 3.63) is 81.4 Å². The van der Waals surface area contributed by atoms with Crippen molar-refractivity contribution in [1.82, 2.24) is 5.32 Å². The molecular weight excluding hydrogens is 392 g/mol. The fraction of sp³-hybridized carbons (Fsp3) is 0.190. The Kier molecular flexibility index (Phi) is 7.81. The van der Waals surface area contributed by atoms with Gasteiger partial charge in [0.2, 0.25) is 6.10 Å². The monoisotopic (exact) mass is 412 g/mol. The molecule has 2 rings (SSSR count). The second kappa shape index (κ2) is 10.5. The number of hydrogen-bond acceptors (Lipinski definition) is 6. The molecule has 2 aromatic carbocycles. The summed E-state index contributed by atoms with van der Waals surface area (Å²) >= 11 is 0. The van der Waals surface area contributed by atoms with Gasteiger partial charge in [0.05, 0.1) is 16.9 Å². The van der Waals surface area contributed by atoms with Crippen LogP contribution in [0.4, 0.5) is 5.69 Å². The maximum Gasteiger partial charge on any atom is 0.339 e. The Morgan fingerprint density at radius 2 is 1.77 bits per heavy atom. The molecule has 1 amide bonds. The van der Waals surface area contributed by atoms with Gasteiger partial charge in [0.1, 0.15) is 0 Å². The van der Waals surface area contributed by atoms with Crippen LogP contribution in [0.5, 0.6) is 0 Å². The topological polar surface area (TPSA) is 136 Å². The molecule has 0 fully saturated rings. The summed E-state index contributed by atoms with van der Waals surface area (Å²) in [5.41, 5.74) is 1.13. The minimum atomic E-state index is -1.32. The number of aliphatic carboxylic acids is 1. The number of benzene rings is 2. The lowest BCUT2D eigenvalue weighted by molar-refractivity contribution is -0.384. The molecular formula is C21H20N2O7. The van der Waals surface area contributed by atoms with Gasteiger partial charge < -0.3 is 15.2 Å². The zero-order valence-electron chi connectivity index (χ0n) is 16.1. The summed E-state index contributed by atoms with van der Waals surface area (Å²) in [4.78, 5) is 45.9. The van der Waals surface area contributed by atoms with Gasteiger partial charge in [-0.1, -0.05) is 36.4 Å². The van der Waals surface area contributed by atoms with Gasteiger partial charge in [-0.15, -0.1) is 0 Å². The van der Waals surface area contributed by atoms with Crippen LogP contribution in [-0.4, -0.2) is 34.4 Å². The zero-order chi connectivity index (χ0) is 22.1. The molecule has 0 radical (unpaired) electrons. The summed E-state index contributed by atoms with van der Waals surface area (Å²) in [6, 6.07) is 11.5. The van der Waals surface area contributed by atoms with Crippen LogP contribution in [-0.2, 0) is 14.3 Å². The first-order valence-corrected chi connectivity index (χ1v) is 8.99. The molecule has 1 unspecified atom stereocenters. The van der Waals surface area contributed by atoms with Gasteiger partial charge in [-0.25, -0.2) is 4.79 Å². The van der Waals surface area contributed by atoms with Crippen molar-refractivity contribution in [1.29, 1.82) is 0 Å². The third kappa shape index (κ3) is 6.26. The Balaban J connectivity index is 2.23. The lowest BCUT2D eigenvalue weighted by Gasteiger charge is -2.18. The van der Waals surface area contributed by atoms with Gasteiger partial charge in [0.15, 0.2) is 0 Å². The van der Waals surface area contributed by atoms with E-state index in [-0.39, 0.29) is 24.2 Å². The number of amides is 1. The Morgan fingerprint density at radius 1 is 1.13 bits per heavy atom. The van der Waals surface area contributed by atoms with E-state index in [4.69, 9.17) is 9.84 Å². The van der Waals surface area contributed by atoms with Crippen LogP contribution in [0.3, 0.4) is 0 Å². The molecule has 0 aliphatic rings. The average molecular weight is 412 g/mol. The molecule has 0 saturated carbocycles.